The number of hydrogen-bond donors (Lipinski definition) is 0. The fourth-order valence-corrected chi connectivity index (χ4v) is 3.52. The van der Waals surface area contributed by atoms with Crippen molar-refractivity contribution in [1.29, 1.82) is 0 Å². The first-order valence-corrected chi connectivity index (χ1v) is 9.55. The first-order chi connectivity index (χ1) is 13.0. The van der Waals surface area contributed by atoms with Crippen molar-refractivity contribution in [1.82, 2.24) is 4.90 Å². The number of amides is 2. The molecule has 0 saturated carbocycles. The van der Waals surface area contributed by atoms with Crippen molar-refractivity contribution < 1.29 is 9.59 Å². The van der Waals surface area contributed by atoms with Gasteiger partial charge >= 0.3 is 11.8 Å². The Morgan fingerprint density at radius 2 is 1.74 bits per heavy atom. The number of piperazine rings is 1. The predicted octanol–water partition coefficient (Wildman–Crippen LogP) is 3.35. The van der Waals surface area contributed by atoms with Crippen LogP contribution in [0.3, 0.4) is 0 Å². The Balaban J connectivity index is 1.65. The van der Waals surface area contributed by atoms with Gasteiger partial charge in [0.2, 0.25) is 0 Å². The van der Waals surface area contributed by atoms with E-state index >= 15 is 0 Å². The quantitative estimate of drug-likeness (QED) is 0.761. The topological polar surface area (TPSA) is 43.9 Å². The number of carbonyl (C=O) groups is 2. The molecule has 2 amide bonds. The SMILES string of the molecule is CCN(C(=O)C(=O)N1CCN(c2cccc(Cl)c2)CC1)c1cccc(C)c1. The van der Waals surface area contributed by atoms with Gasteiger partial charge in [0.05, 0.1) is 0 Å². The fraction of sp³-hybridized carbons (Fsp3) is 0.333. The maximum Gasteiger partial charge on any atom is 0.316 e. The molecule has 142 valence electrons. The molecule has 27 heavy (non-hydrogen) atoms. The summed E-state index contributed by atoms with van der Waals surface area (Å²) in [5.41, 5.74) is 2.85. The monoisotopic (exact) mass is 385 g/mol. The summed E-state index contributed by atoms with van der Waals surface area (Å²) >= 11 is 6.06. The lowest BCUT2D eigenvalue weighted by atomic mass is 10.2. The summed E-state index contributed by atoms with van der Waals surface area (Å²) in [5, 5.41) is 0.693. The normalized spacial score (nSPS) is 14.2. The maximum absolute atomic E-state index is 12.8. The van der Waals surface area contributed by atoms with E-state index in [4.69, 9.17) is 11.6 Å². The second kappa shape index (κ2) is 8.44. The number of likely N-dealkylation sites (N-methyl/N-ethyl adjacent to an activating group) is 1. The van der Waals surface area contributed by atoms with Crippen molar-refractivity contribution in [2.24, 2.45) is 0 Å². The molecule has 0 aromatic heterocycles. The minimum Gasteiger partial charge on any atom is -0.368 e. The molecule has 0 unspecified atom stereocenters. The Hall–Kier alpha value is -2.53. The number of halogens is 1. The van der Waals surface area contributed by atoms with Crippen LogP contribution in [0.1, 0.15) is 12.5 Å². The largest absolute Gasteiger partial charge is 0.368 e. The van der Waals surface area contributed by atoms with Gasteiger partial charge in [0, 0.05) is 49.1 Å². The summed E-state index contributed by atoms with van der Waals surface area (Å²) in [5.74, 6) is -0.914. The van der Waals surface area contributed by atoms with E-state index in [0.29, 0.717) is 37.7 Å². The highest BCUT2D eigenvalue weighted by molar-refractivity contribution is 6.40. The third kappa shape index (κ3) is 4.42. The molecule has 0 radical (unpaired) electrons. The average molecular weight is 386 g/mol. The number of benzene rings is 2. The van der Waals surface area contributed by atoms with E-state index in [9.17, 15) is 9.59 Å². The molecule has 6 heteroatoms. The highest BCUT2D eigenvalue weighted by atomic mass is 35.5. The van der Waals surface area contributed by atoms with Crippen LogP contribution in [0.4, 0.5) is 11.4 Å². The highest BCUT2D eigenvalue weighted by Gasteiger charge is 2.29. The van der Waals surface area contributed by atoms with E-state index in [2.05, 4.69) is 4.90 Å². The van der Waals surface area contributed by atoms with Crippen LogP contribution in [0.25, 0.3) is 0 Å². The van der Waals surface area contributed by atoms with Gasteiger partial charge in [0.1, 0.15) is 0 Å². The van der Waals surface area contributed by atoms with Gasteiger partial charge in [-0.05, 0) is 49.7 Å². The highest BCUT2D eigenvalue weighted by Crippen LogP contribution is 2.21. The average Bonchev–Trinajstić information content (AvgIpc) is 2.68. The van der Waals surface area contributed by atoms with Gasteiger partial charge in [-0.3, -0.25) is 9.59 Å². The number of carbonyl (C=O) groups excluding carboxylic acids is 2. The van der Waals surface area contributed by atoms with Crippen molar-refractivity contribution in [2.45, 2.75) is 13.8 Å². The van der Waals surface area contributed by atoms with Crippen molar-refractivity contribution in [3.63, 3.8) is 0 Å². The van der Waals surface area contributed by atoms with Crippen LogP contribution in [0, 0.1) is 6.92 Å². The second-order valence-corrected chi connectivity index (χ2v) is 7.08. The minimum atomic E-state index is -0.473. The Morgan fingerprint density at radius 3 is 2.37 bits per heavy atom. The van der Waals surface area contributed by atoms with E-state index in [1.807, 2.05) is 62.4 Å². The summed E-state index contributed by atoms with van der Waals surface area (Å²) in [6.45, 7) is 6.69. The van der Waals surface area contributed by atoms with Gasteiger partial charge in [0.15, 0.2) is 0 Å². The minimum absolute atomic E-state index is 0.441. The van der Waals surface area contributed by atoms with Gasteiger partial charge in [-0.2, -0.15) is 0 Å². The fourth-order valence-electron chi connectivity index (χ4n) is 3.33. The Bertz CT molecular complexity index is 832. The van der Waals surface area contributed by atoms with Crippen molar-refractivity contribution >= 4 is 34.8 Å². The van der Waals surface area contributed by atoms with Crippen LogP contribution in [0.15, 0.2) is 48.5 Å². The molecule has 2 aromatic carbocycles. The number of anilines is 2. The molecule has 1 saturated heterocycles. The zero-order valence-corrected chi connectivity index (χ0v) is 16.4. The van der Waals surface area contributed by atoms with Crippen LogP contribution >= 0.6 is 11.6 Å². The second-order valence-electron chi connectivity index (χ2n) is 6.65. The number of hydrogen-bond acceptors (Lipinski definition) is 3. The van der Waals surface area contributed by atoms with Crippen molar-refractivity contribution in [3.05, 3.63) is 59.1 Å². The molecule has 3 rings (SSSR count). The predicted molar refractivity (Wildman–Crippen MR) is 109 cm³/mol. The van der Waals surface area contributed by atoms with Gasteiger partial charge in [-0.25, -0.2) is 0 Å². The molecule has 0 atom stereocenters. The van der Waals surface area contributed by atoms with E-state index in [1.54, 1.807) is 9.80 Å². The first-order valence-electron chi connectivity index (χ1n) is 9.17. The number of nitrogens with zero attached hydrogens (tertiary/aromatic N) is 3. The molecular weight excluding hydrogens is 362 g/mol. The molecule has 0 N–H and O–H groups in total. The number of aryl methyl sites for hydroxylation is 1. The molecular formula is C21H24ClN3O2. The molecule has 0 spiro atoms. The zero-order valence-electron chi connectivity index (χ0n) is 15.7. The Labute approximate surface area is 165 Å². The van der Waals surface area contributed by atoms with E-state index in [0.717, 1.165) is 16.9 Å². The molecule has 1 fully saturated rings. The molecule has 1 aliphatic heterocycles. The first kappa shape index (κ1) is 19.2. The third-order valence-corrected chi connectivity index (χ3v) is 5.03. The van der Waals surface area contributed by atoms with Crippen LogP contribution in [-0.4, -0.2) is 49.4 Å². The summed E-state index contributed by atoms with van der Waals surface area (Å²) in [6.07, 6.45) is 0. The van der Waals surface area contributed by atoms with E-state index in [1.165, 1.54) is 0 Å². The van der Waals surface area contributed by atoms with Gasteiger partial charge in [0.25, 0.3) is 0 Å². The summed E-state index contributed by atoms with van der Waals surface area (Å²) in [4.78, 5) is 30.9. The van der Waals surface area contributed by atoms with Gasteiger partial charge in [-0.15, -0.1) is 0 Å². The van der Waals surface area contributed by atoms with Crippen LogP contribution in [0.2, 0.25) is 5.02 Å². The summed E-state index contributed by atoms with van der Waals surface area (Å²) < 4.78 is 0. The molecule has 0 bridgehead atoms. The van der Waals surface area contributed by atoms with E-state index < -0.39 is 11.8 Å². The van der Waals surface area contributed by atoms with Gasteiger partial charge in [-0.1, -0.05) is 29.8 Å². The van der Waals surface area contributed by atoms with Crippen LogP contribution in [0.5, 0.6) is 0 Å². The lowest BCUT2D eigenvalue weighted by molar-refractivity contribution is -0.144. The maximum atomic E-state index is 12.8. The zero-order chi connectivity index (χ0) is 19.4. The molecule has 1 heterocycles. The molecule has 5 nitrogen and oxygen atoms in total. The van der Waals surface area contributed by atoms with Gasteiger partial charge < -0.3 is 14.7 Å². The van der Waals surface area contributed by atoms with Crippen molar-refractivity contribution in [3.8, 4) is 0 Å². The summed E-state index contributed by atoms with van der Waals surface area (Å²) in [7, 11) is 0. The molecule has 2 aromatic rings. The van der Waals surface area contributed by atoms with Crippen LogP contribution < -0.4 is 9.80 Å². The van der Waals surface area contributed by atoms with Crippen LogP contribution in [-0.2, 0) is 9.59 Å². The molecule has 1 aliphatic rings. The Morgan fingerprint density at radius 1 is 1.04 bits per heavy atom. The number of rotatable bonds is 3. The van der Waals surface area contributed by atoms with Crippen molar-refractivity contribution in [2.75, 3.05) is 42.5 Å². The third-order valence-electron chi connectivity index (χ3n) is 4.80. The van der Waals surface area contributed by atoms with E-state index in [-0.39, 0.29) is 0 Å². The molecule has 0 aliphatic carbocycles. The Kier molecular flexibility index (Phi) is 6.01. The lowest BCUT2D eigenvalue weighted by Gasteiger charge is -2.36. The summed E-state index contributed by atoms with van der Waals surface area (Å²) in [6, 6.07) is 15.3. The lowest BCUT2D eigenvalue weighted by Crippen LogP contribution is -2.53. The smallest absolute Gasteiger partial charge is 0.316 e. The standard InChI is InChI=1S/C21H24ClN3O2/c1-3-25(19-9-4-6-16(2)14-19)21(27)20(26)24-12-10-23(11-13-24)18-8-5-7-17(22)15-18/h4-9,14-15H,3,10-13H2,1-2H3.